The standard InChI is InChI=1S/C24H56F2Si4/c1-9-17-27(25,18-10-2)29(21-13-5,22-14-6)30(23-15-7,24-16-8)28(26,19-11-3)20-12-4/h9-24H2,1-8H3. The summed E-state index contributed by atoms with van der Waals surface area (Å²) in [5.74, 6) is 0. The minimum atomic E-state index is -2.95. The van der Waals surface area contributed by atoms with Crippen molar-refractivity contribution in [1.29, 1.82) is 0 Å². The second-order valence-electron chi connectivity index (χ2n) is 10.1. The van der Waals surface area contributed by atoms with Gasteiger partial charge in [0.15, 0.2) is 0 Å². The van der Waals surface area contributed by atoms with Crippen molar-refractivity contribution >= 4 is 30.1 Å². The molecule has 0 atom stereocenters. The molecule has 182 valence electrons. The Kier molecular flexibility index (Phi) is 15.1. The molecule has 0 aliphatic carbocycles. The van der Waals surface area contributed by atoms with Crippen LogP contribution >= 0.6 is 0 Å². The van der Waals surface area contributed by atoms with Gasteiger partial charge in [-0.3, -0.25) is 0 Å². The Bertz CT molecular complexity index is 381. The fourth-order valence-corrected chi connectivity index (χ4v) is 89.9. The Labute approximate surface area is 193 Å². The van der Waals surface area contributed by atoms with Gasteiger partial charge in [-0.15, -0.1) is 0 Å². The van der Waals surface area contributed by atoms with Crippen molar-refractivity contribution in [3.8, 4) is 0 Å². The molecule has 0 aliphatic heterocycles. The first-order valence-corrected chi connectivity index (χ1v) is 26.0. The molecule has 0 N–H and O–H groups in total. The molecule has 0 rings (SSSR count). The van der Waals surface area contributed by atoms with E-state index < -0.39 is 30.1 Å². The normalized spacial score (nSPS) is 13.8. The lowest BCUT2D eigenvalue weighted by atomic mass is 10.6. The number of hydrogen-bond donors (Lipinski definition) is 0. The number of rotatable bonds is 19. The Balaban J connectivity index is 7.31. The van der Waals surface area contributed by atoms with E-state index in [4.69, 9.17) is 0 Å². The molecule has 0 saturated heterocycles. The Hall–Kier alpha value is 0.728. The summed E-state index contributed by atoms with van der Waals surface area (Å²) in [6, 6.07) is 7.78. The molecule has 0 spiro atoms. The molecular weight excluding hydrogens is 439 g/mol. The van der Waals surface area contributed by atoms with Crippen LogP contribution in [-0.2, 0) is 0 Å². The third-order valence-corrected chi connectivity index (χ3v) is 67.5. The van der Waals surface area contributed by atoms with E-state index >= 15 is 8.22 Å². The van der Waals surface area contributed by atoms with E-state index in [1.807, 2.05) is 0 Å². The fourth-order valence-electron chi connectivity index (χ4n) is 7.46. The first-order valence-electron chi connectivity index (χ1n) is 13.6. The molecule has 0 radical (unpaired) electrons. The van der Waals surface area contributed by atoms with Crippen LogP contribution in [0.1, 0.15) is 107 Å². The third-order valence-electron chi connectivity index (χ3n) is 7.92. The highest BCUT2D eigenvalue weighted by atomic mass is 29.8. The smallest absolute Gasteiger partial charge is 0.231 e. The summed E-state index contributed by atoms with van der Waals surface area (Å²) in [5.41, 5.74) is 0. The van der Waals surface area contributed by atoms with E-state index in [0.717, 1.165) is 99.7 Å². The Morgan fingerprint density at radius 2 is 0.500 bits per heavy atom. The van der Waals surface area contributed by atoms with Crippen LogP contribution in [0.5, 0.6) is 0 Å². The highest BCUT2D eigenvalue weighted by Crippen LogP contribution is 2.53. The van der Waals surface area contributed by atoms with Crippen LogP contribution in [0.25, 0.3) is 0 Å². The first-order chi connectivity index (χ1) is 14.2. The van der Waals surface area contributed by atoms with Gasteiger partial charge in [-0.25, -0.2) is 0 Å². The predicted molar refractivity (Wildman–Crippen MR) is 146 cm³/mol. The average molecular weight is 495 g/mol. The zero-order chi connectivity index (χ0) is 23.3. The Morgan fingerprint density at radius 3 is 0.633 bits per heavy atom. The van der Waals surface area contributed by atoms with Gasteiger partial charge in [0.05, 0.1) is 14.2 Å². The lowest BCUT2D eigenvalue weighted by Gasteiger charge is -2.59. The van der Waals surface area contributed by atoms with Crippen molar-refractivity contribution in [3.63, 3.8) is 0 Å². The molecule has 30 heavy (non-hydrogen) atoms. The highest BCUT2D eigenvalue weighted by molar-refractivity contribution is 7.83. The summed E-state index contributed by atoms with van der Waals surface area (Å²) in [6.07, 6.45) is 8.22. The van der Waals surface area contributed by atoms with Gasteiger partial charge in [0.1, 0.15) is 0 Å². The van der Waals surface area contributed by atoms with Crippen molar-refractivity contribution in [3.05, 3.63) is 0 Å². The van der Waals surface area contributed by atoms with E-state index in [1.54, 1.807) is 0 Å². The molecule has 0 amide bonds. The van der Waals surface area contributed by atoms with Crippen molar-refractivity contribution in [2.45, 2.75) is 155 Å². The fraction of sp³-hybridized carbons (Fsp3) is 1.00. The van der Waals surface area contributed by atoms with Gasteiger partial charge in [-0.1, -0.05) is 131 Å². The molecule has 0 heterocycles. The third kappa shape index (κ3) is 6.19. The minimum Gasteiger partial charge on any atom is -0.318 e. The second-order valence-corrected chi connectivity index (χ2v) is 42.1. The molecule has 0 aromatic heterocycles. The van der Waals surface area contributed by atoms with E-state index in [2.05, 4.69) is 55.4 Å². The molecule has 0 unspecified atom stereocenters. The molecule has 0 bridgehead atoms. The average Bonchev–Trinajstić information content (AvgIpc) is 2.68. The van der Waals surface area contributed by atoms with E-state index in [1.165, 1.54) is 0 Å². The van der Waals surface area contributed by atoms with Crippen molar-refractivity contribution in [2.24, 2.45) is 0 Å². The molecule has 0 aromatic carbocycles. The summed E-state index contributed by atoms with van der Waals surface area (Å²) >= 11 is 0. The van der Waals surface area contributed by atoms with Crippen LogP contribution in [0.15, 0.2) is 0 Å². The summed E-state index contributed by atoms with van der Waals surface area (Å²) in [7, 11) is -10.6. The summed E-state index contributed by atoms with van der Waals surface area (Å²) in [6.45, 7) is 17.9. The first kappa shape index (κ1) is 30.7. The molecule has 0 fully saturated rings. The minimum absolute atomic E-state index is 0.831. The molecule has 0 saturated carbocycles. The summed E-state index contributed by atoms with van der Waals surface area (Å²) in [4.78, 5) is 0. The van der Waals surface area contributed by atoms with Gasteiger partial charge in [0.25, 0.3) is 0 Å². The Morgan fingerprint density at radius 1 is 0.333 bits per heavy atom. The maximum Gasteiger partial charge on any atom is 0.231 e. The monoisotopic (exact) mass is 494 g/mol. The SMILES string of the molecule is CCC[Si](F)(CCC)[Si](CCC)(CCC)[Si](CCC)(CCC)[Si](F)(CCC)CCC. The van der Waals surface area contributed by atoms with Gasteiger partial charge in [0.2, 0.25) is 15.9 Å². The second kappa shape index (κ2) is 14.8. The largest absolute Gasteiger partial charge is 0.318 e. The number of halogens is 2. The molecule has 0 aromatic rings. The zero-order valence-electron chi connectivity index (χ0n) is 22.1. The topological polar surface area (TPSA) is 0 Å². The van der Waals surface area contributed by atoms with Crippen molar-refractivity contribution in [2.75, 3.05) is 0 Å². The van der Waals surface area contributed by atoms with Gasteiger partial charge in [-0.2, -0.15) is 0 Å². The van der Waals surface area contributed by atoms with Gasteiger partial charge >= 0.3 is 0 Å². The van der Waals surface area contributed by atoms with Gasteiger partial charge in [-0.05, 0) is 24.2 Å². The quantitative estimate of drug-likeness (QED) is 0.124. The molecule has 0 nitrogen and oxygen atoms in total. The molecule has 6 heteroatoms. The van der Waals surface area contributed by atoms with Crippen molar-refractivity contribution < 1.29 is 8.22 Å². The van der Waals surface area contributed by atoms with Crippen LogP contribution < -0.4 is 0 Å². The predicted octanol–water partition coefficient (Wildman–Crippen LogP) is 10.2. The van der Waals surface area contributed by atoms with Crippen LogP contribution in [0, 0.1) is 0 Å². The zero-order valence-corrected chi connectivity index (χ0v) is 26.1. The van der Waals surface area contributed by atoms with Crippen LogP contribution in [0.3, 0.4) is 0 Å². The summed E-state index contributed by atoms with van der Waals surface area (Å²) < 4.78 is 35.5. The maximum atomic E-state index is 17.7. The lowest BCUT2D eigenvalue weighted by Crippen LogP contribution is -2.84. The highest BCUT2D eigenvalue weighted by Gasteiger charge is 2.72. The summed E-state index contributed by atoms with van der Waals surface area (Å²) in [5, 5.41) is 0. The van der Waals surface area contributed by atoms with Crippen molar-refractivity contribution in [1.82, 2.24) is 0 Å². The number of hydrogen-bond acceptors (Lipinski definition) is 0. The van der Waals surface area contributed by atoms with E-state index in [0.29, 0.717) is 0 Å². The lowest BCUT2D eigenvalue weighted by molar-refractivity contribution is 0.745. The molecular formula is C24H56F2Si4. The molecule has 0 aliphatic rings. The van der Waals surface area contributed by atoms with E-state index in [-0.39, 0.29) is 0 Å². The van der Waals surface area contributed by atoms with Gasteiger partial charge in [0, 0.05) is 0 Å². The van der Waals surface area contributed by atoms with Crippen LogP contribution in [0.2, 0.25) is 48.4 Å². The van der Waals surface area contributed by atoms with Crippen LogP contribution in [-0.4, -0.2) is 30.1 Å². The van der Waals surface area contributed by atoms with Gasteiger partial charge < -0.3 is 8.22 Å². The van der Waals surface area contributed by atoms with E-state index in [9.17, 15) is 0 Å². The van der Waals surface area contributed by atoms with Crippen LogP contribution in [0.4, 0.5) is 8.22 Å². The maximum absolute atomic E-state index is 17.7.